The third kappa shape index (κ3) is 5.11. The number of rotatable bonds is 6. The zero-order chi connectivity index (χ0) is 24.1. The minimum absolute atomic E-state index is 0.0308. The molecule has 0 bridgehead atoms. The van der Waals surface area contributed by atoms with Gasteiger partial charge >= 0.3 is 0 Å². The van der Waals surface area contributed by atoms with Crippen LogP contribution in [0, 0.1) is 25.2 Å². The lowest BCUT2D eigenvalue weighted by Crippen LogP contribution is -2.14. The van der Waals surface area contributed by atoms with Gasteiger partial charge in [0.25, 0.3) is 5.91 Å². The molecule has 4 aromatic rings. The van der Waals surface area contributed by atoms with Gasteiger partial charge in [0.2, 0.25) is 0 Å². The number of fused-ring (bicyclic) bond motifs is 1. The summed E-state index contributed by atoms with van der Waals surface area (Å²) < 4.78 is 6.19. The monoisotopic (exact) mass is 466 g/mol. The third-order valence-electron chi connectivity index (χ3n) is 5.68. The van der Waals surface area contributed by atoms with Gasteiger partial charge in [-0.3, -0.25) is 4.79 Å². The van der Waals surface area contributed by atoms with Gasteiger partial charge in [0.05, 0.1) is 0 Å². The second-order valence-corrected chi connectivity index (χ2v) is 8.43. The quantitative estimate of drug-likeness (QED) is 0.241. The molecule has 0 fully saturated rings. The van der Waals surface area contributed by atoms with Gasteiger partial charge in [-0.1, -0.05) is 72.3 Å². The molecule has 0 unspecified atom stereocenters. The number of para-hydroxylation sites is 1. The van der Waals surface area contributed by atoms with Crippen molar-refractivity contribution in [3.05, 3.63) is 112 Å². The van der Waals surface area contributed by atoms with E-state index in [9.17, 15) is 10.1 Å². The van der Waals surface area contributed by atoms with Gasteiger partial charge in [0, 0.05) is 21.8 Å². The Morgan fingerprint density at radius 3 is 2.56 bits per heavy atom. The predicted octanol–water partition coefficient (Wildman–Crippen LogP) is 7.23. The molecule has 4 aromatic carbocycles. The maximum Gasteiger partial charge on any atom is 0.266 e. The number of hydrogen-bond acceptors (Lipinski definition) is 3. The number of halogens is 1. The van der Waals surface area contributed by atoms with E-state index < -0.39 is 5.91 Å². The first-order valence-corrected chi connectivity index (χ1v) is 11.2. The Morgan fingerprint density at radius 1 is 1.00 bits per heavy atom. The number of nitrogens with zero attached hydrogens (tertiary/aromatic N) is 1. The van der Waals surface area contributed by atoms with E-state index in [2.05, 4.69) is 36.5 Å². The van der Waals surface area contributed by atoms with Crippen LogP contribution in [0.15, 0.2) is 84.4 Å². The van der Waals surface area contributed by atoms with E-state index >= 15 is 0 Å². The first-order valence-electron chi connectivity index (χ1n) is 10.8. The molecule has 1 amide bonds. The number of ether oxygens (including phenoxy) is 1. The smallest absolute Gasteiger partial charge is 0.266 e. The topological polar surface area (TPSA) is 62.1 Å². The van der Waals surface area contributed by atoms with E-state index in [1.807, 2.05) is 55.5 Å². The average Bonchev–Trinajstić information content (AvgIpc) is 2.84. The van der Waals surface area contributed by atoms with Crippen molar-refractivity contribution in [1.82, 2.24) is 0 Å². The normalized spacial score (nSPS) is 11.2. The lowest BCUT2D eigenvalue weighted by Gasteiger charge is -2.14. The van der Waals surface area contributed by atoms with Crippen molar-refractivity contribution in [3.63, 3.8) is 0 Å². The highest BCUT2D eigenvalue weighted by molar-refractivity contribution is 6.31. The molecular formula is C29H23ClN2O2. The van der Waals surface area contributed by atoms with Crippen LogP contribution < -0.4 is 10.1 Å². The van der Waals surface area contributed by atoms with Crippen LogP contribution in [0.1, 0.15) is 22.3 Å². The van der Waals surface area contributed by atoms with Gasteiger partial charge in [0.15, 0.2) is 0 Å². The maximum absolute atomic E-state index is 12.8. The fourth-order valence-electron chi connectivity index (χ4n) is 3.74. The summed E-state index contributed by atoms with van der Waals surface area (Å²) in [5.74, 6) is 0.0851. The molecule has 4 nitrogen and oxygen atoms in total. The lowest BCUT2D eigenvalue weighted by atomic mass is 10.0. The summed E-state index contributed by atoms with van der Waals surface area (Å²) in [6.45, 7) is 4.29. The molecule has 0 spiro atoms. The van der Waals surface area contributed by atoms with Gasteiger partial charge in [-0.05, 0) is 60.0 Å². The van der Waals surface area contributed by atoms with E-state index in [-0.39, 0.29) is 5.57 Å². The predicted molar refractivity (Wildman–Crippen MR) is 138 cm³/mol. The summed E-state index contributed by atoms with van der Waals surface area (Å²) in [4.78, 5) is 12.8. The van der Waals surface area contributed by atoms with Crippen LogP contribution in [0.3, 0.4) is 0 Å². The summed E-state index contributed by atoms with van der Waals surface area (Å²) in [6.07, 6.45) is 1.54. The van der Waals surface area contributed by atoms with Crippen LogP contribution in [-0.4, -0.2) is 5.91 Å². The highest BCUT2D eigenvalue weighted by Gasteiger charge is 2.13. The molecule has 168 valence electrons. The second kappa shape index (κ2) is 10.2. The van der Waals surface area contributed by atoms with E-state index in [1.54, 1.807) is 18.2 Å². The number of aryl methyl sites for hydroxylation is 2. The second-order valence-electron chi connectivity index (χ2n) is 7.99. The minimum Gasteiger partial charge on any atom is -0.488 e. The maximum atomic E-state index is 12.8. The number of amides is 1. The molecule has 0 aliphatic rings. The number of carbonyl (C=O) groups excluding carboxylic acids is 1. The molecule has 4 rings (SSSR count). The molecule has 0 aliphatic heterocycles. The van der Waals surface area contributed by atoms with Crippen molar-refractivity contribution in [2.75, 3.05) is 5.32 Å². The Hall–Kier alpha value is -4.07. The molecular weight excluding hydrogens is 444 g/mol. The lowest BCUT2D eigenvalue weighted by molar-refractivity contribution is -0.112. The van der Waals surface area contributed by atoms with Gasteiger partial charge < -0.3 is 10.1 Å². The van der Waals surface area contributed by atoms with Crippen molar-refractivity contribution < 1.29 is 9.53 Å². The summed E-state index contributed by atoms with van der Waals surface area (Å²) in [5.41, 5.74) is 4.28. The Bertz CT molecular complexity index is 1450. The Balaban J connectivity index is 1.59. The van der Waals surface area contributed by atoms with Crippen molar-refractivity contribution in [3.8, 4) is 11.8 Å². The van der Waals surface area contributed by atoms with Gasteiger partial charge in [-0.2, -0.15) is 5.26 Å². The van der Waals surface area contributed by atoms with Crippen LogP contribution in [-0.2, 0) is 11.4 Å². The number of hydrogen-bond donors (Lipinski definition) is 1. The van der Waals surface area contributed by atoms with Crippen molar-refractivity contribution in [2.24, 2.45) is 0 Å². The molecule has 0 saturated carbocycles. The number of anilines is 1. The Morgan fingerprint density at radius 2 is 1.74 bits per heavy atom. The molecule has 0 atom stereocenters. The van der Waals surface area contributed by atoms with E-state index in [0.29, 0.717) is 28.6 Å². The number of benzene rings is 4. The highest BCUT2D eigenvalue weighted by atomic mass is 35.5. The van der Waals surface area contributed by atoms with E-state index in [0.717, 1.165) is 27.5 Å². The molecule has 0 radical (unpaired) electrons. The summed E-state index contributed by atoms with van der Waals surface area (Å²) in [7, 11) is 0. The van der Waals surface area contributed by atoms with Crippen molar-refractivity contribution in [1.29, 1.82) is 5.26 Å². The van der Waals surface area contributed by atoms with Crippen molar-refractivity contribution in [2.45, 2.75) is 20.5 Å². The fraction of sp³-hybridized carbons (Fsp3) is 0.103. The molecule has 0 heterocycles. The number of carbonyl (C=O) groups is 1. The first-order chi connectivity index (χ1) is 16.5. The van der Waals surface area contributed by atoms with Gasteiger partial charge in [-0.25, -0.2) is 0 Å². The van der Waals surface area contributed by atoms with Crippen LogP contribution in [0.25, 0.3) is 16.8 Å². The average molecular weight is 467 g/mol. The van der Waals surface area contributed by atoms with E-state index in [4.69, 9.17) is 16.3 Å². The van der Waals surface area contributed by atoms with Gasteiger partial charge in [0.1, 0.15) is 24.0 Å². The SMILES string of the molecule is Cc1ccc(Cl)cc1NC(=O)/C(C#N)=C/c1ccccc1OCc1c(C)ccc2ccccc12. The molecule has 0 aliphatic carbocycles. The molecule has 0 aromatic heterocycles. The van der Waals surface area contributed by atoms with Crippen molar-refractivity contribution >= 4 is 40.0 Å². The van der Waals surface area contributed by atoms with Crippen LogP contribution in [0.5, 0.6) is 5.75 Å². The minimum atomic E-state index is -0.507. The zero-order valence-electron chi connectivity index (χ0n) is 18.9. The third-order valence-corrected chi connectivity index (χ3v) is 5.91. The highest BCUT2D eigenvalue weighted by Crippen LogP contribution is 2.27. The molecule has 1 N–H and O–H groups in total. The number of nitrogens with one attached hydrogen (secondary N) is 1. The fourth-order valence-corrected chi connectivity index (χ4v) is 3.91. The first kappa shape index (κ1) is 23.1. The van der Waals surface area contributed by atoms with Crippen LogP contribution >= 0.6 is 11.6 Å². The standard InChI is InChI=1S/C29H23ClN2O2/c1-19-11-13-21-7-3-5-9-25(21)26(19)18-34-28-10-6-4-8-22(28)15-23(17-31)29(33)32-27-16-24(30)14-12-20(27)2/h3-16H,18H2,1-2H3,(H,32,33)/b23-15+. The Labute approximate surface area is 204 Å². The summed E-state index contributed by atoms with van der Waals surface area (Å²) in [5, 5.41) is 15.2. The molecule has 5 heteroatoms. The molecule has 0 saturated heterocycles. The Kier molecular flexibility index (Phi) is 6.96. The summed E-state index contributed by atoms with van der Waals surface area (Å²) in [6, 6.07) is 27.0. The van der Waals surface area contributed by atoms with E-state index in [1.165, 1.54) is 0 Å². The molecule has 34 heavy (non-hydrogen) atoms. The number of nitriles is 1. The zero-order valence-corrected chi connectivity index (χ0v) is 19.7. The summed E-state index contributed by atoms with van der Waals surface area (Å²) >= 11 is 6.05. The van der Waals surface area contributed by atoms with Crippen LogP contribution in [0.2, 0.25) is 5.02 Å². The van der Waals surface area contributed by atoms with Gasteiger partial charge in [-0.15, -0.1) is 0 Å². The largest absolute Gasteiger partial charge is 0.488 e. The van der Waals surface area contributed by atoms with Crippen LogP contribution in [0.4, 0.5) is 5.69 Å².